The molecule has 1 saturated heterocycles. The maximum absolute atomic E-state index is 14.7. The Morgan fingerprint density at radius 1 is 1.15 bits per heavy atom. The predicted octanol–water partition coefficient (Wildman–Crippen LogP) is 3.02. The average molecular weight is 470 g/mol. The Morgan fingerprint density at radius 3 is 2.41 bits per heavy atom. The van der Waals surface area contributed by atoms with Gasteiger partial charge in [0.15, 0.2) is 5.78 Å². The molecule has 34 heavy (non-hydrogen) atoms. The van der Waals surface area contributed by atoms with E-state index in [9.17, 15) is 23.6 Å². The number of urea groups is 1. The lowest BCUT2D eigenvalue weighted by atomic mass is 9.85. The van der Waals surface area contributed by atoms with Crippen molar-refractivity contribution in [3.63, 3.8) is 0 Å². The zero-order valence-corrected chi connectivity index (χ0v) is 19.3. The SMILES string of the molecule is CC(C)(C)C(C(=O)NO)N1C(=O)NC(CCc2ccc(C(=O)Cc3ccccc3)cc2F)C1=O. The van der Waals surface area contributed by atoms with E-state index in [2.05, 4.69) is 5.32 Å². The zero-order valence-electron chi connectivity index (χ0n) is 19.3. The smallest absolute Gasteiger partial charge is 0.325 e. The van der Waals surface area contributed by atoms with Crippen LogP contribution in [0.15, 0.2) is 48.5 Å². The van der Waals surface area contributed by atoms with Gasteiger partial charge in [-0.15, -0.1) is 0 Å². The highest BCUT2D eigenvalue weighted by molar-refractivity contribution is 6.07. The third kappa shape index (κ3) is 5.48. The van der Waals surface area contributed by atoms with Gasteiger partial charge in [-0.1, -0.05) is 63.2 Å². The Bertz CT molecular complexity index is 1100. The molecule has 2 aromatic rings. The van der Waals surface area contributed by atoms with Gasteiger partial charge in [-0.05, 0) is 35.4 Å². The Labute approximate surface area is 197 Å². The third-order valence-electron chi connectivity index (χ3n) is 5.77. The molecular weight excluding hydrogens is 441 g/mol. The summed E-state index contributed by atoms with van der Waals surface area (Å²) in [5.41, 5.74) is 2.07. The van der Waals surface area contributed by atoms with Crippen LogP contribution < -0.4 is 10.8 Å². The molecule has 3 N–H and O–H groups in total. The number of Topliss-reactive ketones (excluding diaryl/α,β-unsaturated/α-hetero) is 1. The number of aryl methyl sites for hydroxylation is 1. The molecule has 2 unspecified atom stereocenters. The van der Waals surface area contributed by atoms with Gasteiger partial charge in [0.2, 0.25) is 0 Å². The Balaban J connectivity index is 1.67. The number of ketones is 1. The maximum Gasteiger partial charge on any atom is 0.325 e. The summed E-state index contributed by atoms with van der Waals surface area (Å²) in [4.78, 5) is 50.8. The summed E-state index contributed by atoms with van der Waals surface area (Å²) < 4.78 is 14.7. The van der Waals surface area contributed by atoms with Crippen LogP contribution in [-0.2, 0) is 22.4 Å². The number of halogens is 1. The van der Waals surface area contributed by atoms with Crippen LogP contribution in [0, 0.1) is 11.2 Å². The first-order valence-corrected chi connectivity index (χ1v) is 11.0. The molecule has 1 heterocycles. The van der Waals surface area contributed by atoms with Crippen molar-refractivity contribution in [2.24, 2.45) is 5.41 Å². The molecule has 4 amide bonds. The molecule has 0 aromatic heterocycles. The molecule has 0 radical (unpaired) electrons. The predicted molar refractivity (Wildman–Crippen MR) is 122 cm³/mol. The fraction of sp³-hybridized carbons (Fsp3) is 0.360. The van der Waals surface area contributed by atoms with Gasteiger partial charge in [0.05, 0.1) is 0 Å². The van der Waals surface area contributed by atoms with Crippen LogP contribution in [0.2, 0.25) is 0 Å². The van der Waals surface area contributed by atoms with Crippen molar-refractivity contribution in [1.82, 2.24) is 15.7 Å². The highest BCUT2D eigenvalue weighted by Crippen LogP contribution is 2.28. The monoisotopic (exact) mass is 469 g/mol. The molecule has 9 heteroatoms. The topological polar surface area (TPSA) is 116 Å². The zero-order chi connectivity index (χ0) is 25.0. The second kappa shape index (κ2) is 10.1. The minimum Gasteiger partial charge on any atom is -0.326 e. The van der Waals surface area contributed by atoms with Crippen LogP contribution in [0.5, 0.6) is 0 Å². The summed E-state index contributed by atoms with van der Waals surface area (Å²) >= 11 is 0. The molecule has 8 nitrogen and oxygen atoms in total. The lowest BCUT2D eigenvalue weighted by Gasteiger charge is -2.34. The van der Waals surface area contributed by atoms with Crippen molar-refractivity contribution in [2.75, 3.05) is 0 Å². The van der Waals surface area contributed by atoms with Gasteiger partial charge in [-0.2, -0.15) is 0 Å². The molecule has 0 aliphatic carbocycles. The summed E-state index contributed by atoms with van der Waals surface area (Å²) in [6, 6.07) is 10.5. The molecule has 0 spiro atoms. The van der Waals surface area contributed by atoms with Crippen molar-refractivity contribution in [3.8, 4) is 0 Å². The van der Waals surface area contributed by atoms with E-state index in [1.807, 2.05) is 30.3 Å². The largest absolute Gasteiger partial charge is 0.326 e. The fourth-order valence-electron chi connectivity index (χ4n) is 4.05. The first-order valence-electron chi connectivity index (χ1n) is 11.0. The summed E-state index contributed by atoms with van der Waals surface area (Å²) in [5, 5.41) is 11.6. The highest BCUT2D eigenvalue weighted by atomic mass is 19.1. The number of hydroxylamine groups is 1. The Hall–Kier alpha value is -3.59. The highest BCUT2D eigenvalue weighted by Gasteiger charge is 2.48. The van der Waals surface area contributed by atoms with E-state index in [0.29, 0.717) is 5.56 Å². The molecule has 2 atom stereocenters. The molecule has 2 aromatic carbocycles. The normalized spacial score (nSPS) is 16.9. The molecule has 0 bridgehead atoms. The second-order valence-corrected chi connectivity index (χ2v) is 9.39. The number of carbonyl (C=O) groups is 4. The summed E-state index contributed by atoms with van der Waals surface area (Å²) in [6.07, 6.45) is 0.400. The number of nitrogens with one attached hydrogen (secondary N) is 2. The number of nitrogens with zero attached hydrogens (tertiary/aromatic N) is 1. The summed E-state index contributed by atoms with van der Waals surface area (Å²) in [5.74, 6) is -2.28. The van der Waals surface area contributed by atoms with Crippen LogP contribution >= 0.6 is 0 Å². The first kappa shape index (κ1) is 25.0. The standard InChI is InChI=1S/C25H28FN3O5/c1-25(2,3)21(22(31)28-34)29-23(32)19(27-24(29)33)12-11-16-9-10-17(14-18(16)26)20(30)13-15-7-5-4-6-8-15/h4-10,14,19,21,34H,11-13H2,1-3H3,(H,27,33)(H,28,31). The maximum atomic E-state index is 14.7. The lowest BCUT2D eigenvalue weighted by molar-refractivity contribution is -0.144. The molecule has 1 fully saturated rings. The molecule has 0 saturated carbocycles. The average Bonchev–Trinajstić information content (AvgIpc) is 3.05. The van der Waals surface area contributed by atoms with Gasteiger partial charge in [0.25, 0.3) is 11.8 Å². The van der Waals surface area contributed by atoms with E-state index in [0.717, 1.165) is 10.5 Å². The number of hydrogen-bond acceptors (Lipinski definition) is 5. The molecule has 3 rings (SSSR count). The van der Waals surface area contributed by atoms with E-state index in [4.69, 9.17) is 5.21 Å². The van der Waals surface area contributed by atoms with E-state index >= 15 is 0 Å². The number of hydrogen-bond donors (Lipinski definition) is 3. The van der Waals surface area contributed by atoms with Gasteiger partial charge in [0, 0.05) is 12.0 Å². The number of benzene rings is 2. The van der Waals surface area contributed by atoms with Gasteiger partial charge in [-0.3, -0.25) is 19.6 Å². The van der Waals surface area contributed by atoms with Crippen LogP contribution in [0.1, 0.15) is 48.7 Å². The van der Waals surface area contributed by atoms with E-state index in [1.165, 1.54) is 17.6 Å². The second-order valence-electron chi connectivity index (χ2n) is 9.39. The van der Waals surface area contributed by atoms with Crippen LogP contribution in [0.25, 0.3) is 0 Å². The van der Waals surface area contributed by atoms with Crippen LogP contribution in [0.3, 0.4) is 0 Å². The van der Waals surface area contributed by atoms with Crippen molar-refractivity contribution >= 4 is 23.6 Å². The number of amides is 4. The minimum atomic E-state index is -1.22. The summed E-state index contributed by atoms with van der Waals surface area (Å²) in [6.45, 7) is 4.99. The van der Waals surface area contributed by atoms with Crippen molar-refractivity contribution < 1.29 is 28.8 Å². The third-order valence-corrected chi connectivity index (χ3v) is 5.77. The molecular formula is C25H28FN3O5. The van der Waals surface area contributed by atoms with Gasteiger partial charge in [0.1, 0.15) is 17.9 Å². The van der Waals surface area contributed by atoms with Crippen LogP contribution in [-0.4, -0.2) is 45.8 Å². The van der Waals surface area contributed by atoms with E-state index in [-0.39, 0.29) is 30.6 Å². The number of carbonyl (C=O) groups excluding carboxylic acids is 4. The molecule has 180 valence electrons. The quantitative estimate of drug-likeness (QED) is 0.238. The minimum absolute atomic E-state index is 0.104. The van der Waals surface area contributed by atoms with Gasteiger partial charge >= 0.3 is 6.03 Å². The lowest BCUT2D eigenvalue weighted by Crippen LogP contribution is -2.55. The van der Waals surface area contributed by atoms with Gasteiger partial charge in [-0.25, -0.2) is 19.6 Å². The van der Waals surface area contributed by atoms with E-state index < -0.39 is 41.2 Å². The number of imide groups is 1. The van der Waals surface area contributed by atoms with Crippen molar-refractivity contribution in [1.29, 1.82) is 0 Å². The Kier molecular flexibility index (Phi) is 7.46. The number of rotatable bonds is 8. The molecule has 1 aliphatic rings. The van der Waals surface area contributed by atoms with Crippen LogP contribution in [0.4, 0.5) is 9.18 Å². The fourth-order valence-corrected chi connectivity index (χ4v) is 4.05. The molecule has 1 aliphatic heterocycles. The van der Waals surface area contributed by atoms with Crippen molar-refractivity contribution in [2.45, 2.75) is 52.1 Å². The van der Waals surface area contributed by atoms with Gasteiger partial charge < -0.3 is 5.32 Å². The van der Waals surface area contributed by atoms with Crippen molar-refractivity contribution in [3.05, 3.63) is 71.0 Å². The summed E-state index contributed by atoms with van der Waals surface area (Å²) in [7, 11) is 0. The van der Waals surface area contributed by atoms with E-state index in [1.54, 1.807) is 26.8 Å². The Morgan fingerprint density at radius 2 is 1.82 bits per heavy atom. The first-order chi connectivity index (χ1) is 16.0.